The third-order valence-corrected chi connectivity index (χ3v) is 4.48. The smallest absolute Gasteiger partial charge is 0.140 e. The monoisotopic (exact) mass is 318 g/mol. The molecule has 108 valence electrons. The molecule has 0 aliphatic carbocycles. The van der Waals surface area contributed by atoms with Crippen LogP contribution in [0.4, 0.5) is 0 Å². The highest BCUT2D eigenvalue weighted by atomic mass is 35.5. The standard InChI is InChI=1S/C16H15ClN2OS/c1-10(18)11-6-7-14(12(17)8-11)20-9-16-19-13-4-2-3-5-15(13)21-16/h2-8,10H,9,18H2,1H3/t10-/m0/s1. The molecule has 3 aromatic rings. The number of nitrogens with zero attached hydrogens (tertiary/aromatic N) is 1. The molecule has 2 N–H and O–H groups in total. The number of halogens is 1. The van der Waals surface area contributed by atoms with E-state index in [1.807, 2.05) is 43.3 Å². The Balaban J connectivity index is 1.75. The number of hydrogen-bond donors (Lipinski definition) is 1. The third kappa shape index (κ3) is 3.18. The molecule has 0 aliphatic rings. The molecule has 1 aromatic heterocycles. The number of rotatable bonds is 4. The van der Waals surface area contributed by atoms with Crippen LogP contribution < -0.4 is 10.5 Å². The van der Waals surface area contributed by atoms with Crippen LogP contribution in [0.1, 0.15) is 23.5 Å². The zero-order valence-corrected chi connectivity index (χ0v) is 13.1. The molecule has 3 rings (SSSR count). The van der Waals surface area contributed by atoms with Gasteiger partial charge in [-0.25, -0.2) is 4.98 Å². The molecule has 0 amide bonds. The lowest BCUT2D eigenvalue weighted by Crippen LogP contribution is -2.05. The molecule has 0 bridgehead atoms. The number of nitrogens with two attached hydrogens (primary N) is 1. The van der Waals surface area contributed by atoms with Crippen molar-refractivity contribution in [3.63, 3.8) is 0 Å². The molecule has 2 aromatic carbocycles. The lowest BCUT2D eigenvalue weighted by molar-refractivity contribution is 0.306. The fourth-order valence-electron chi connectivity index (χ4n) is 2.04. The van der Waals surface area contributed by atoms with Crippen molar-refractivity contribution < 1.29 is 4.74 Å². The maximum Gasteiger partial charge on any atom is 0.140 e. The number of fused-ring (bicyclic) bond motifs is 1. The first-order chi connectivity index (χ1) is 10.1. The summed E-state index contributed by atoms with van der Waals surface area (Å²) < 4.78 is 6.92. The van der Waals surface area contributed by atoms with Crippen LogP contribution in [-0.2, 0) is 6.61 Å². The number of benzene rings is 2. The largest absolute Gasteiger partial charge is 0.485 e. The Morgan fingerprint density at radius 3 is 2.81 bits per heavy atom. The van der Waals surface area contributed by atoms with Crippen molar-refractivity contribution in [2.75, 3.05) is 0 Å². The van der Waals surface area contributed by atoms with Crippen molar-refractivity contribution in [1.29, 1.82) is 0 Å². The van der Waals surface area contributed by atoms with Crippen LogP contribution in [0.25, 0.3) is 10.2 Å². The first-order valence-electron chi connectivity index (χ1n) is 6.66. The molecular weight excluding hydrogens is 304 g/mol. The summed E-state index contributed by atoms with van der Waals surface area (Å²) in [5.41, 5.74) is 7.83. The molecule has 0 saturated carbocycles. The van der Waals surface area contributed by atoms with Gasteiger partial charge in [0.15, 0.2) is 0 Å². The van der Waals surface area contributed by atoms with Gasteiger partial charge in [-0.05, 0) is 36.8 Å². The average molecular weight is 319 g/mol. The van der Waals surface area contributed by atoms with Crippen LogP contribution in [0.2, 0.25) is 5.02 Å². The van der Waals surface area contributed by atoms with Gasteiger partial charge in [0.05, 0.1) is 15.2 Å². The van der Waals surface area contributed by atoms with Crippen LogP contribution in [0.15, 0.2) is 42.5 Å². The fraction of sp³-hybridized carbons (Fsp3) is 0.188. The Hall–Kier alpha value is -1.62. The van der Waals surface area contributed by atoms with E-state index in [9.17, 15) is 0 Å². The van der Waals surface area contributed by atoms with Crippen molar-refractivity contribution in [2.24, 2.45) is 5.73 Å². The van der Waals surface area contributed by atoms with E-state index in [1.165, 1.54) is 0 Å². The van der Waals surface area contributed by atoms with E-state index in [0.717, 1.165) is 20.8 Å². The van der Waals surface area contributed by atoms with Crippen molar-refractivity contribution >= 4 is 33.2 Å². The second-order valence-electron chi connectivity index (χ2n) is 4.84. The van der Waals surface area contributed by atoms with Gasteiger partial charge in [-0.3, -0.25) is 0 Å². The van der Waals surface area contributed by atoms with Gasteiger partial charge in [0, 0.05) is 6.04 Å². The lowest BCUT2D eigenvalue weighted by atomic mass is 10.1. The van der Waals surface area contributed by atoms with E-state index < -0.39 is 0 Å². The van der Waals surface area contributed by atoms with Crippen LogP contribution in [0.3, 0.4) is 0 Å². The average Bonchev–Trinajstić information content (AvgIpc) is 2.88. The SMILES string of the molecule is C[C@H](N)c1ccc(OCc2nc3ccccc3s2)c(Cl)c1. The summed E-state index contributed by atoms with van der Waals surface area (Å²) in [6.07, 6.45) is 0. The number of thiazole rings is 1. The van der Waals surface area contributed by atoms with Crippen molar-refractivity contribution in [3.05, 3.63) is 58.1 Å². The Labute approximate surface area is 132 Å². The number of aromatic nitrogens is 1. The molecule has 5 heteroatoms. The highest BCUT2D eigenvalue weighted by Gasteiger charge is 2.08. The normalized spacial score (nSPS) is 12.5. The minimum Gasteiger partial charge on any atom is -0.485 e. The maximum absolute atomic E-state index is 6.22. The molecule has 0 fully saturated rings. The van der Waals surface area contributed by atoms with E-state index in [2.05, 4.69) is 11.1 Å². The first kappa shape index (κ1) is 14.3. The minimum absolute atomic E-state index is 0.0409. The Morgan fingerprint density at radius 2 is 2.10 bits per heavy atom. The van der Waals surface area contributed by atoms with Gasteiger partial charge >= 0.3 is 0 Å². The lowest BCUT2D eigenvalue weighted by Gasteiger charge is -2.10. The summed E-state index contributed by atoms with van der Waals surface area (Å²) in [4.78, 5) is 4.53. The second kappa shape index (κ2) is 6.02. The summed E-state index contributed by atoms with van der Waals surface area (Å²) in [6, 6.07) is 13.6. The van der Waals surface area contributed by atoms with Gasteiger partial charge in [-0.1, -0.05) is 29.8 Å². The first-order valence-corrected chi connectivity index (χ1v) is 7.85. The number of ether oxygens (including phenoxy) is 1. The van der Waals surface area contributed by atoms with E-state index in [0.29, 0.717) is 17.4 Å². The molecule has 1 heterocycles. The van der Waals surface area contributed by atoms with Gasteiger partial charge in [-0.15, -0.1) is 11.3 Å². The Morgan fingerprint density at radius 1 is 1.29 bits per heavy atom. The Bertz CT molecular complexity index is 737. The molecule has 0 radical (unpaired) electrons. The van der Waals surface area contributed by atoms with Gasteiger partial charge in [0.2, 0.25) is 0 Å². The minimum atomic E-state index is -0.0409. The second-order valence-corrected chi connectivity index (χ2v) is 6.36. The fourth-order valence-corrected chi connectivity index (χ4v) is 3.16. The molecule has 0 spiro atoms. The zero-order valence-electron chi connectivity index (χ0n) is 11.5. The summed E-state index contributed by atoms with van der Waals surface area (Å²) in [5, 5.41) is 1.51. The van der Waals surface area contributed by atoms with Crippen LogP contribution >= 0.6 is 22.9 Å². The van der Waals surface area contributed by atoms with Crippen LogP contribution in [0, 0.1) is 0 Å². The summed E-state index contributed by atoms with van der Waals surface area (Å²) in [7, 11) is 0. The molecule has 0 saturated heterocycles. The van der Waals surface area contributed by atoms with E-state index in [1.54, 1.807) is 11.3 Å². The molecule has 0 aliphatic heterocycles. The zero-order chi connectivity index (χ0) is 14.8. The van der Waals surface area contributed by atoms with Crippen molar-refractivity contribution in [1.82, 2.24) is 4.98 Å². The molecule has 0 unspecified atom stereocenters. The predicted octanol–water partition coefficient (Wildman–Crippen LogP) is 4.55. The molecular formula is C16H15ClN2OS. The quantitative estimate of drug-likeness (QED) is 0.767. The van der Waals surface area contributed by atoms with E-state index >= 15 is 0 Å². The van der Waals surface area contributed by atoms with Gasteiger partial charge < -0.3 is 10.5 Å². The van der Waals surface area contributed by atoms with Gasteiger partial charge in [-0.2, -0.15) is 0 Å². The predicted molar refractivity (Wildman–Crippen MR) is 88.0 cm³/mol. The van der Waals surface area contributed by atoms with E-state index in [4.69, 9.17) is 22.1 Å². The number of hydrogen-bond acceptors (Lipinski definition) is 4. The highest BCUT2D eigenvalue weighted by molar-refractivity contribution is 7.18. The van der Waals surface area contributed by atoms with Gasteiger partial charge in [0.1, 0.15) is 17.4 Å². The van der Waals surface area contributed by atoms with Crippen molar-refractivity contribution in [3.8, 4) is 5.75 Å². The molecule has 21 heavy (non-hydrogen) atoms. The summed E-state index contributed by atoms with van der Waals surface area (Å²) in [6.45, 7) is 2.34. The third-order valence-electron chi connectivity index (χ3n) is 3.17. The molecule has 3 nitrogen and oxygen atoms in total. The maximum atomic E-state index is 6.22. The number of para-hydroxylation sites is 1. The van der Waals surface area contributed by atoms with E-state index in [-0.39, 0.29) is 6.04 Å². The van der Waals surface area contributed by atoms with Gasteiger partial charge in [0.25, 0.3) is 0 Å². The van der Waals surface area contributed by atoms with Crippen molar-refractivity contribution in [2.45, 2.75) is 19.6 Å². The highest BCUT2D eigenvalue weighted by Crippen LogP contribution is 2.29. The van der Waals surface area contributed by atoms with Crippen LogP contribution in [-0.4, -0.2) is 4.98 Å². The molecule has 1 atom stereocenters. The topological polar surface area (TPSA) is 48.1 Å². The Kier molecular flexibility index (Phi) is 4.10. The summed E-state index contributed by atoms with van der Waals surface area (Å²) in [5.74, 6) is 0.653. The van der Waals surface area contributed by atoms with Crippen LogP contribution in [0.5, 0.6) is 5.75 Å². The summed E-state index contributed by atoms with van der Waals surface area (Å²) >= 11 is 7.85.